The number of benzene rings is 2. The van der Waals surface area contributed by atoms with Gasteiger partial charge in [0.25, 0.3) is 5.91 Å². The van der Waals surface area contributed by atoms with Gasteiger partial charge in [-0.25, -0.2) is 13.2 Å². The maximum Gasteiger partial charge on any atom is 0.251 e. The van der Waals surface area contributed by atoms with E-state index in [0.717, 1.165) is 17.0 Å². The summed E-state index contributed by atoms with van der Waals surface area (Å²) in [5.41, 5.74) is 7.22. The lowest BCUT2D eigenvalue weighted by Crippen LogP contribution is -2.31. The zero-order chi connectivity index (χ0) is 19.4. The van der Waals surface area contributed by atoms with E-state index in [1.54, 1.807) is 30.5 Å². The van der Waals surface area contributed by atoms with E-state index in [1.807, 2.05) is 6.07 Å². The number of nitrogens with two attached hydrogens (primary N) is 1. The van der Waals surface area contributed by atoms with Crippen molar-refractivity contribution in [2.75, 3.05) is 6.54 Å². The van der Waals surface area contributed by atoms with Crippen LogP contribution in [-0.4, -0.2) is 23.5 Å². The lowest BCUT2D eigenvalue weighted by Gasteiger charge is -2.13. The van der Waals surface area contributed by atoms with Gasteiger partial charge in [0.2, 0.25) is 0 Å². The topological polar surface area (TPSA) is 68.0 Å². The second-order valence-electron chi connectivity index (χ2n) is 6.28. The number of carbonyl (C=O) groups is 1. The van der Waals surface area contributed by atoms with E-state index >= 15 is 0 Å². The number of hydrogen-bond acceptors (Lipinski definition) is 3. The predicted octanol–water partition coefficient (Wildman–Crippen LogP) is 3.34. The summed E-state index contributed by atoms with van der Waals surface area (Å²) in [6, 6.07) is 9.66. The molecule has 0 aliphatic rings. The van der Waals surface area contributed by atoms with Gasteiger partial charge >= 0.3 is 0 Å². The van der Waals surface area contributed by atoms with Crippen LogP contribution in [0, 0.1) is 17.5 Å². The molecule has 0 fully saturated rings. The van der Waals surface area contributed by atoms with Gasteiger partial charge < -0.3 is 11.1 Å². The Morgan fingerprint density at radius 2 is 1.85 bits per heavy atom. The molecule has 1 heterocycles. The van der Waals surface area contributed by atoms with Gasteiger partial charge in [-0.1, -0.05) is 6.07 Å². The van der Waals surface area contributed by atoms with Crippen LogP contribution in [0.5, 0.6) is 0 Å². The monoisotopic (exact) mass is 373 g/mol. The summed E-state index contributed by atoms with van der Waals surface area (Å²) in [6.45, 7) is 0.274. The summed E-state index contributed by atoms with van der Waals surface area (Å²) in [5, 5.41) is 3.61. The lowest BCUT2D eigenvalue weighted by atomic mass is 10.0. The standard InChI is InChI=1S/C20H18F3N3O/c21-16-11-18(23)17(22)10-14(16)9-15(24)5-7-26-20(27)13-3-4-19-12(8-13)2-1-6-25-19/h1-4,6,8,10-11,15H,5,7,9,24H2,(H,26,27)/t15-/m0/s1. The summed E-state index contributed by atoms with van der Waals surface area (Å²) in [5.74, 6) is -3.44. The molecule has 0 unspecified atom stereocenters. The number of nitrogens with zero attached hydrogens (tertiary/aromatic N) is 1. The maximum absolute atomic E-state index is 13.7. The Morgan fingerprint density at radius 3 is 2.67 bits per heavy atom. The van der Waals surface area contributed by atoms with Crippen LogP contribution in [0.25, 0.3) is 10.9 Å². The number of rotatable bonds is 6. The van der Waals surface area contributed by atoms with Crippen molar-refractivity contribution in [3.63, 3.8) is 0 Å². The molecule has 27 heavy (non-hydrogen) atoms. The smallest absolute Gasteiger partial charge is 0.251 e. The Morgan fingerprint density at radius 1 is 1.07 bits per heavy atom. The number of aromatic nitrogens is 1. The SMILES string of the molecule is N[C@@H](CCNC(=O)c1ccc2ncccc2c1)Cc1cc(F)c(F)cc1F. The first-order chi connectivity index (χ1) is 12.9. The van der Waals surface area contributed by atoms with Gasteiger partial charge in [-0.05, 0) is 48.7 Å². The summed E-state index contributed by atoms with van der Waals surface area (Å²) in [6.07, 6.45) is 2.08. The Bertz CT molecular complexity index is 978. The van der Waals surface area contributed by atoms with Gasteiger partial charge in [0, 0.05) is 35.8 Å². The maximum atomic E-state index is 13.7. The second-order valence-corrected chi connectivity index (χ2v) is 6.28. The molecule has 3 rings (SSSR count). The Kier molecular flexibility index (Phi) is 5.71. The van der Waals surface area contributed by atoms with Crippen molar-refractivity contribution in [2.45, 2.75) is 18.9 Å². The van der Waals surface area contributed by atoms with Crippen LogP contribution in [0.2, 0.25) is 0 Å². The highest BCUT2D eigenvalue weighted by Gasteiger charge is 2.14. The zero-order valence-corrected chi connectivity index (χ0v) is 14.4. The van der Waals surface area contributed by atoms with Gasteiger partial charge in [-0.15, -0.1) is 0 Å². The number of fused-ring (bicyclic) bond motifs is 1. The van der Waals surface area contributed by atoms with Crippen molar-refractivity contribution < 1.29 is 18.0 Å². The number of carbonyl (C=O) groups excluding carboxylic acids is 1. The van der Waals surface area contributed by atoms with Gasteiger partial charge in [-0.2, -0.15) is 0 Å². The Labute approximate surface area is 154 Å². The highest BCUT2D eigenvalue weighted by molar-refractivity contribution is 5.97. The van der Waals surface area contributed by atoms with Crippen LogP contribution in [0.15, 0.2) is 48.7 Å². The molecule has 4 nitrogen and oxygen atoms in total. The van der Waals surface area contributed by atoms with Crippen molar-refractivity contribution in [3.05, 3.63) is 77.2 Å². The summed E-state index contributed by atoms with van der Waals surface area (Å²) < 4.78 is 39.8. The Balaban J connectivity index is 1.54. The van der Waals surface area contributed by atoms with E-state index in [1.165, 1.54) is 0 Å². The molecule has 140 valence electrons. The molecule has 1 atom stereocenters. The van der Waals surface area contributed by atoms with Crippen molar-refractivity contribution in [1.29, 1.82) is 0 Å². The average molecular weight is 373 g/mol. The molecule has 7 heteroatoms. The third kappa shape index (κ3) is 4.62. The molecule has 0 spiro atoms. The van der Waals surface area contributed by atoms with Crippen LogP contribution in [0.3, 0.4) is 0 Å². The second kappa shape index (κ2) is 8.18. The molecule has 0 aliphatic heterocycles. The molecule has 0 aliphatic carbocycles. The fraction of sp³-hybridized carbons (Fsp3) is 0.200. The number of nitrogens with one attached hydrogen (secondary N) is 1. The van der Waals surface area contributed by atoms with Gasteiger partial charge in [0.15, 0.2) is 11.6 Å². The fourth-order valence-electron chi connectivity index (χ4n) is 2.79. The molecular weight excluding hydrogens is 355 g/mol. The van der Waals surface area contributed by atoms with E-state index < -0.39 is 23.5 Å². The van der Waals surface area contributed by atoms with Crippen molar-refractivity contribution in [1.82, 2.24) is 10.3 Å². The third-order valence-electron chi connectivity index (χ3n) is 4.24. The van der Waals surface area contributed by atoms with Gasteiger partial charge in [-0.3, -0.25) is 9.78 Å². The quantitative estimate of drug-likeness (QED) is 0.651. The minimum atomic E-state index is -1.23. The Hall–Kier alpha value is -2.93. The average Bonchev–Trinajstić information content (AvgIpc) is 2.65. The number of pyridine rings is 1. The molecular formula is C20H18F3N3O. The number of hydrogen-bond donors (Lipinski definition) is 2. The zero-order valence-electron chi connectivity index (χ0n) is 14.4. The first-order valence-electron chi connectivity index (χ1n) is 8.46. The number of amides is 1. The van der Waals surface area contributed by atoms with Crippen LogP contribution in [0.1, 0.15) is 22.3 Å². The summed E-state index contributed by atoms with van der Waals surface area (Å²) in [7, 11) is 0. The molecule has 3 N–H and O–H groups in total. The normalized spacial score (nSPS) is 12.1. The predicted molar refractivity (Wildman–Crippen MR) is 96.7 cm³/mol. The van der Waals surface area contributed by atoms with Gasteiger partial charge in [0.05, 0.1) is 5.52 Å². The fourth-order valence-corrected chi connectivity index (χ4v) is 2.79. The largest absolute Gasteiger partial charge is 0.352 e. The number of halogens is 3. The molecule has 1 aromatic heterocycles. The third-order valence-corrected chi connectivity index (χ3v) is 4.24. The van der Waals surface area contributed by atoms with E-state index in [4.69, 9.17) is 5.73 Å². The first kappa shape index (κ1) is 18.8. The van der Waals surface area contributed by atoms with Crippen molar-refractivity contribution in [2.24, 2.45) is 5.73 Å². The summed E-state index contributed by atoms with van der Waals surface area (Å²) >= 11 is 0. The van der Waals surface area contributed by atoms with E-state index in [-0.39, 0.29) is 24.4 Å². The molecule has 0 radical (unpaired) electrons. The van der Waals surface area contributed by atoms with Crippen LogP contribution >= 0.6 is 0 Å². The minimum Gasteiger partial charge on any atom is -0.352 e. The van der Waals surface area contributed by atoms with Crippen LogP contribution in [-0.2, 0) is 6.42 Å². The van der Waals surface area contributed by atoms with E-state index in [0.29, 0.717) is 18.1 Å². The van der Waals surface area contributed by atoms with Gasteiger partial charge in [0.1, 0.15) is 5.82 Å². The lowest BCUT2D eigenvalue weighted by molar-refractivity contribution is 0.0952. The molecule has 0 saturated carbocycles. The first-order valence-corrected chi connectivity index (χ1v) is 8.46. The highest BCUT2D eigenvalue weighted by Crippen LogP contribution is 2.16. The van der Waals surface area contributed by atoms with E-state index in [2.05, 4.69) is 10.3 Å². The van der Waals surface area contributed by atoms with Crippen LogP contribution < -0.4 is 11.1 Å². The molecule has 0 bridgehead atoms. The van der Waals surface area contributed by atoms with Crippen LogP contribution in [0.4, 0.5) is 13.2 Å². The molecule has 1 amide bonds. The highest BCUT2D eigenvalue weighted by atomic mass is 19.2. The molecule has 0 saturated heterocycles. The minimum absolute atomic E-state index is 0.00903. The van der Waals surface area contributed by atoms with E-state index in [9.17, 15) is 18.0 Å². The van der Waals surface area contributed by atoms with Crippen molar-refractivity contribution >= 4 is 16.8 Å². The molecule has 2 aromatic carbocycles. The molecule has 3 aromatic rings. The van der Waals surface area contributed by atoms with Crippen molar-refractivity contribution in [3.8, 4) is 0 Å². The summed E-state index contributed by atoms with van der Waals surface area (Å²) in [4.78, 5) is 16.4.